The Morgan fingerprint density at radius 3 is 1.67 bits per heavy atom. The van der Waals surface area contributed by atoms with E-state index in [0.29, 0.717) is 6.54 Å². The summed E-state index contributed by atoms with van der Waals surface area (Å²) >= 11 is 0. The predicted molar refractivity (Wildman–Crippen MR) is 92.9 cm³/mol. The van der Waals surface area contributed by atoms with Crippen molar-refractivity contribution in [2.45, 2.75) is 71.1 Å². The normalized spacial score (nSPS) is 11.6. The Balaban J connectivity index is 0. The molecule has 6 heteroatoms. The Bertz CT molecular complexity index is 310. The second-order valence-electron chi connectivity index (χ2n) is 5.77. The zero-order chi connectivity index (χ0) is 15.3. The topological polar surface area (TPSA) is 57.6 Å². The third-order valence-electron chi connectivity index (χ3n) is 3.62. The Morgan fingerprint density at radius 1 is 0.810 bits per heavy atom. The molecule has 0 atom stereocenters. The van der Waals surface area contributed by atoms with Crippen molar-refractivity contribution in [1.82, 2.24) is 4.90 Å². The van der Waals surface area contributed by atoms with Crippen LogP contribution < -0.4 is 0 Å². The van der Waals surface area contributed by atoms with Crippen LogP contribution in [0.5, 0.6) is 0 Å². The molecule has 0 spiro atoms. The molecule has 1 N–H and O–H groups in total. The van der Waals surface area contributed by atoms with Crippen LogP contribution in [0.1, 0.15) is 71.1 Å². The first kappa shape index (κ1) is 24.1. The van der Waals surface area contributed by atoms with Crippen LogP contribution in [-0.4, -0.2) is 73.3 Å². The van der Waals surface area contributed by atoms with Gasteiger partial charge in [0.15, 0.2) is 0 Å². The monoisotopic (exact) mass is 331 g/mol. The van der Waals surface area contributed by atoms with E-state index in [0.717, 1.165) is 13.0 Å². The van der Waals surface area contributed by atoms with Gasteiger partial charge in [-0.2, -0.15) is 8.42 Å². The van der Waals surface area contributed by atoms with Crippen LogP contribution in [0.2, 0.25) is 0 Å². The van der Waals surface area contributed by atoms with Crippen molar-refractivity contribution in [3.05, 3.63) is 0 Å². The summed E-state index contributed by atoms with van der Waals surface area (Å²) in [7, 11) is -1.91. The molecule has 0 aliphatic heterocycles. The first-order valence-electron chi connectivity index (χ1n) is 8.09. The van der Waals surface area contributed by atoms with Crippen molar-refractivity contribution < 1.29 is 13.0 Å². The van der Waals surface area contributed by atoms with Crippen LogP contribution in [0.15, 0.2) is 0 Å². The summed E-state index contributed by atoms with van der Waals surface area (Å²) in [6.45, 7) is 3.56. The van der Waals surface area contributed by atoms with Crippen LogP contribution in [0, 0.1) is 0 Å². The molecule has 0 aromatic rings. The summed E-state index contributed by atoms with van der Waals surface area (Å²) in [6, 6.07) is 0. The van der Waals surface area contributed by atoms with Gasteiger partial charge in [0.1, 0.15) is 0 Å². The number of rotatable bonds is 14. The van der Waals surface area contributed by atoms with Crippen molar-refractivity contribution in [2.75, 3.05) is 25.9 Å². The second kappa shape index (κ2) is 15.8. The first-order valence-corrected chi connectivity index (χ1v) is 9.70. The molecule has 0 bridgehead atoms. The van der Waals surface area contributed by atoms with Gasteiger partial charge in [-0.25, -0.2) is 0 Å². The summed E-state index contributed by atoms with van der Waals surface area (Å²) in [6.07, 6.45) is 13.1. The van der Waals surface area contributed by atoms with Crippen LogP contribution >= 0.6 is 0 Å². The molecule has 0 unspecified atom stereocenters. The van der Waals surface area contributed by atoms with Crippen molar-refractivity contribution in [2.24, 2.45) is 0 Å². The van der Waals surface area contributed by atoms with Gasteiger partial charge in [-0.1, -0.05) is 64.7 Å². The van der Waals surface area contributed by atoms with Crippen molar-refractivity contribution in [1.29, 1.82) is 0 Å². The van der Waals surface area contributed by atoms with Gasteiger partial charge in [0, 0.05) is 6.54 Å². The van der Waals surface area contributed by atoms with Crippen molar-refractivity contribution in [3.8, 4) is 0 Å². The predicted octanol–water partition coefficient (Wildman–Crippen LogP) is 3.08. The molecule has 21 heavy (non-hydrogen) atoms. The van der Waals surface area contributed by atoms with Gasteiger partial charge in [-0.05, 0) is 20.0 Å². The number of unbranched alkanes of at least 4 members (excludes halogenated alkanes) is 9. The quantitative estimate of drug-likeness (QED) is 0.302. The van der Waals surface area contributed by atoms with E-state index in [1.165, 1.54) is 57.8 Å². The van der Waals surface area contributed by atoms with Crippen molar-refractivity contribution in [3.63, 3.8) is 0 Å². The van der Waals surface area contributed by atoms with Gasteiger partial charge in [0.2, 0.25) is 0 Å². The SMILES string of the molecule is CCCCCCCCCCCCN(C)CCS(=O)(=O)O.[NaH]. The van der Waals surface area contributed by atoms with Crippen LogP contribution in [0.4, 0.5) is 0 Å². The number of nitrogens with zero attached hydrogens (tertiary/aromatic N) is 1. The Kier molecular flexibility index (Phi) is 18.1. The average Bonchev–Trinajstić information content (AvgIpc) is 2.38. The summed E-state index contributed by atoms with van der Waals surface area (Å²) < 4.78 is 29.9. The zero-order valence-corrected chi connectivity index (χ0v) is 14.1. The molecule has 0 aromatic carbocycles. The molecule has 0 heterocycles. The van der Waals surface area contributed by atoms with Crippen molar-refractivity contribution >= 4 is 39.7 Å². The molecule has 0 radical (unpaired) electrons. The molecule has 0 amide bonds. The Morgan fingerprint density at radius 2 is 1.24 bits per heavy atom. The molecule has 0 saturated carbocycles. The minimum atomic E-state index is -3.81. The summed E-state index contributed by atoms with van der Waals surface area (Å²) in [4.78, 5) is 1.97. The Hall–Kier alpha value is 0.870. The van der Waals surface area contributed by atoms with E-state index in [-0.39, 0.29) is 35.3 Å². The van der Waals surface area contributed by atoms with Crippen LogP contribution in [0.25, 0.3) is 0 Å². The molecule has 0 rings (SSSR count). The molecule has 4 nitrogen and oxygen atoms in total. The first-order chi connectivity index (χ1) is 9.45. The van der Waals surface area contributed by atoms with E-state index in [4.69, 9.17) is 4.55 Å². The maximum absolute atomic E-state index is 10.6. The van der Waals surface area contributed by atoms with Crippen LogP contribution in [0.3, 0.4) is 0 Å². The molecule has 0 saturated heterocycles. The van der Waals surface area contributed by atoms with E-state index < -0.39 is 10.1 Å². The third kappa shape index (κ3) is 20.9. The van der Waals surface area contributed by atoms with Gasteiger partial charge in [-0.3, -0.25) is 4.55 Å². The molecule has 0 fully saturated rings. The molecule has 0 aliphatic rings. The fourth-order valence-corrected chi connectivity index (χ4v) is 2.79. The molecule has 0 aliphatic carbocycles. The van der Waals surface area contributed by atoms with E-state index >= 15 is 0 Å². The average molecular weight is 331 g/mol. The molecule has 124 valence electrons. The fourth-order valence-electron chi connectivity index (χ4n) is 2.25. The third-order valence-corrected chi connectivity index (χ3v) is 4.32. The molecular weight excluding hydrogens is 297 g/mol. The number of hydrogen-bond donors (Lipinski definition) is 1. The van der Waals surface area contributed by atoms with Gasteiger partial charge in [0.05, 0.1) is 5.75 Å². The van der Waals surface area contributed by atoms with Gasteiger partial charge in [0.25, 0.3) is 10.1 Å². The van der Waals surface area contributed by atoms with E-state index in [2.05, 4.69) is 6.92 Å². The molecular formula is C15H34NNaO3S. The summed E-state index contributed by atoms with van der Waals surface area (Å²) in [5, 5.41) is 0. The summed E-state index contributed by atoms with van der Waals surface area (Å²) in [5.74, 6) is -0.165. The Labute approximate surface area is 154 Å². The van der Waals surface area contributed by atoms with E-state index in [1.807, 2.05) is 11.9 Å². The van der Waals surface area contributed by atoms with Crippen LogP contribution in [-0.2, 0) is 10.1 Å². The fraction of sp³-hybridized carbons (Fsp3) is 1.00. The van der Waals surface area contributed by atoms with E-state index in [9.17, 15) is 8.42 Å². The number of hydrogen-bond acceptors (Lipinski definition) is 3. The minimum absolute atomic E-state index is 0. The van der Waals surface area contributed by atoms with Gasteiger partial charge in [-0.15, -0.1) is 0 Å². The summed E-state index contributed by atoms with van der Waals surface area (Å²) in [5.41, 5.74) is 0. The second-order valence-corrected chi connectivity index (χ2v) is 7.34. The zero-order valence-electron chi connectivity index (χ0n) is 13.3. The van der Waals surface area contributed by atoms with Gasteiger partial charge < -0.3 is 4.90 Å². The maximum atomic E-state index is 10.6. The molecule has 0 aromatic heterocycles. The van der Waals surface area contributed by atoms with Gasteiger partial charge >= 0.3 is 29.6 Å². The standard InChI is InChI=1S/C15H33NO3S.Na.H/c1-3-4-5-6-7-8-9-10-11-12-13-16(2)14-15-20(17,18)19;;/h3-15H2,1-2H3,(H,17,18,19);;. The van der Waals surface area contributed by atoms with E-state index in [1.54, 1.807) is 0 Å².